The molecule has 2 heterocycles. The second-order valence-corrected chi connectivity index (χ2v) is 7.89. The summed E-state index contributed by atoms with van der Waals surface area (Å²) < 4.78 is 27.7. The summed E-state index contributed by atoms with van der Waals surface area (Å²) in [5.74, 6) is 0.432. The van der Waals surface area contributed by atoms with Crippen molar-refractivity contribution >= 4 is 16.1 Å². The Morgan fingerprint density at radius 2 is 2.17 bits per heavy atom. The fourth-order valence-electron chi connectivity index (χ4n) is 2.66. The van der Waals surface area contributed by atoms with Crippen LogP contribution in [0.2, 0.25) is 0 Å². The van der Waals surface area contributed by atoms with Crippen molar-refractivity contribution < 1.29 is 13.2 Å². The molecule has 1 aliphatic heterocycles. The molecule has 0 bridgehead atoms. The smallest absolute Gasteiger partial charge is 0.282 e. The van der Waals surface area contributed by atoms with E-state index in [-0.39, 0.29) is 18.5 Å². The van der Waals surface area contributed by atoms with Crippen molar-refractivity contribution in [2.45, 2.75) is 39.3 Å². The number of aromatic nitrogens is 2. The predicted octanol–water partition coefficient (Wildman–Crippen LogP) is 0.364. The van der Waals surface area contributed by atoms with Crippen LogP contribution in [0, 0.1) is 6.92 Å². The minimum Gasteiger partial charge on any atom is -0.352 e. The molecule has 0 saturated carbocycles. The van der Waals surface area contributed by atoms with E-state index in [1.807, 2.05) is 0 Å². The summed E-state index contributed by atoms with van der Waals surface area (Å²) in [4.78, 5) is 19.8. The number of carbonyl (C=O) groups is 1. The number of carbonyl (C=O) groups excluding carboxylic acids is 1. The van der Waals surface area contributed by atoms with Crippen LogP contribution in [0.25, 0.3) is 0 Å². The lowest BCUT2D eigenvalue weighted by atomic mass is 10.1. The highest BCUT2D eigenvalue weighted by Gasteiger charge is 2.38. The van der Waals surface area contributed by atoms with Crippen molar-refractivity contribution in [3.8, 4) is 0 Å². The Morgan fingerprint density at radius 1 is 1.48 bits per heavy atom. The Morgan fingerprint density at radius 3 is 2.78 bits per heavy atom. The lowest BCUT2D eigenvalue weighted by Crippen LogP contribution is -2.40. The summed E-state index contributed by atoms with van der Waals surface area (Å²) in [5, 5.41) is 2.72. The van der Waals surface area contributed by atoms with Crippen LogP contribution >= 0.6 is 0 Å². The van der Waals surface area contributed by atoms with E-state index in [0.29, 0.717) is 24.5 Å². The molecule has 0 aliphatic carbocycles. The molecule has 8 nitrogen and oxygen atoms in total. The zero-order valence-corrected chi connectivity index (χ0v) is 14.7. The topological polar surface area (TPSA) is 95.5 Å². The van der Waals surface area contributed by atoms with Crippen molar-refractivity contribution in [1.29, 1.82) is 0 Å². The zero-order valence-electron chi connectivity index (χ0n) is 13.9. The first-order chi connectivity index (χ1) is 10.7. The molecule has 1 atom stereocenters. The number of nitrogens with one attached hydrogen (secondary N) is 1. The van der Waals surface area contributed by atoms with Gasteiger partial charge >= 0.3 is 0 Å². The molecule has 1 aromatic rings. The minimum atomic E-state index is -3.52. The van der Waals surface area contributed by atoms with Gasteiger partial charge in [-0.25, -0.2) is 9.97 Å². The molecule has 1 saturated heterocycles. The average Bonchev–Trinajstić information content (AvgIpc) is 2.95. The van der Waals surface area contributed by atoms with Crippen LogP contribution in [-0.2, 0) is 21.5 Å². The number of hydrogen-bond donors (Lipinski definition) is 1. The van der Waals surface area contributed by atoms with Gasteiger partial charge in [-0.1, -0.05) is 0 Å². The van der Waals surface area contributed by atoms with Crippen LogP contribution in [0.4, 0.5) is 0 Å². The Kier molecular flexibility index (Phi) is 5.33. The molecular formula is C14H23N5O3S. The summed E-state index contributed by atoms with van der Waals surface area (Å²) in [6, 6.07) is -0.326. The predicted molar refractivity (Wildman–Crippen MR) is 85.6 cm³/mol. The van der Waals surface area contributed by atoms with Gasteiger partial charge in [-0.3, -0.25) is 4.79 Å². The van der Waals surface area contributed by atoms with Gasteiger partial charge in [0.05, 0.1) is 11.7 Å². The molecule has 23 heavy (non-hydrogen) atoms. The van der Waals surface area contributed by atoms with Gasteiger partial charge in [-0.05, 0) is 19.8 Å². The fraction of sp³-hybridized carbons (Fsp3) is 0.643. The highest BCUT2D eigenvalue weighted by atomic mass is 32.2. The summed E-state index contributed by atoms with van der Waals surface area (Å²) in [6.45, 7) is 3.96. The van der Waals surface area contributed by atoms with Gasteiger partial charge in [0.25, 0.3) is 10.2 Å². The first-order valence-electron chi connectivity index (χ1n) is 7.49. The first kappa shape index (κ1) is 17.8. The van der Waals surface area contributed by atoms with Crippen LogP contribution in [-0.4, -0.2) is 53.5 Å². The van der Waals surface area contributed by atoms with Crippen molar-refractivity contribution in [2.24, 2.45) is 0 Å². The normalized spacial score (nSPS) is 19.3. The molecule has 0 unspecified atom stereocenters. The third kappa shape index (κ3) is 3.85. The standard InChI is InChI=1S/C14H23N5O3S/c1-10-15-8-12(9-16-11(2)20)14(17-10)13-6-5-7-19(13)23(21,22)18(3)4/h8,13H,5-7,9H2,1-4H3,(H,16,20)/t13-/m0/s1. The number of hydrogen-bond acceptors (Lipinski definition) is 5. The van der Waals surface area contributed by atoms with Crippen molar-refractivity contribution in [3.05, 3.63) is 23.3 Å². The summed E-state index contributed by atoms with van der Waals surface area (Å²) in [5.41, 5.74) is 1.42. The summed E-state index contributed by atoms with van der Waals surface area (Å²) in [6.07, 6.45) is 3.14. The van der Waals surface area contributed by atoms with E-state index in [1.165, 1.54) is 29.6 Å². The van der Waals surface area contributed by atoms with Crippen LogP contribution in [0.5, 0.6) is 0 Å². The van der Waals surface area contributed by atoms with E-state index in [2.05, 4.69) is 15.3 Å². The van der Waals surface area contributed by atoms with Gasteiger partial charge in [0.2, 0.25) is 5.91 Å². The molecule has 0 aromatic carbocycles. The van der Waals surface area contributed by atoms with Gasteiger partial charge in [0.1, 0.15) is 5.82 Å². The van der Waals surface area contributed by atoms with Gasteiger partial charge in [0.15, 0.2) is 0 Å². The SMILES string of the molecule is CC(=O)NCc1cnc(C)nc1[C@@H]1CCCN1S(=O)(=O)N(C)C. The van der Waals surface area contributed by atoms with Gasteiger partial charge in [-0.15, -0.1) is 0 Å². The molecule has 0 spiro atoms. The van der Waals surface area contributed by atoms with E-state index in [4.69, 9.17) is 0 Å². The van der Waals surface area contributed by atoms with Crippen molar-refractivity contribution in [3.63, 3.8) is 0 Å². The molecule has 1 amide bonds. The minimum absolute atomic E-state index is 0.152. The lowest BCUT2D eigenvalue weighted by molar-refractivity contribution is -0.119. The lowest BCUT2D eigenvalue weighted by Gasteiger charge is -2.27. The van der Waals surface area contributed by atoms with Crippen molar-refractivity contribution in [2.75, 3.05) is 20.6 Å². The third-order valence-electron chi connectivity index (χ3n) is 3.82. The van der Waals surface area contributed by atoms with E-state index in [9.17, 15) is 13.2 Å². The Labute approximate surface area is 137 Å². The second-order valence-electron chi connectivity index (χ2n) is 5.80. The molecule has 2 rings (SSSR count). The monoisotopic (exact) mass is 341 g/mol. The molecular weight excluding hydrogens is 318 g/mol. The molecule has 0 radical (unpaired) electrons. The highest BCUT2D eigenvalue weighted by molar-refractivity contribution is 7.86. The van der Waals surface area contributed by atoms with Gasteiger partial charge in [0, 0.05) is 45.9 Å². The molecule has 128 valence electrons. The Balaban J connectivity index is 2.39. The second kappa shape index (κ2) is 6.90. The molecule has 9 heteroatoms. The maximum atomic E-state index is 12.5. The van der Waals surface area contributed by atoms with Crippen LogP contribution < -0.4 is 5.32 Å². The van der Waals surface area contributed by atoms with E-state index < -0.39 is 10.2 Å². The molecule has 1 N–H and O–H groups in total. The maximum Gasteiger partial charge on any atom is 0.282 e. The first-order valence-corrected chi connectivity index (χ1v) is 8.89. The number of aryl methyl sites for hydroxylation is 1. The van der Waals surface area contributed by atoms with E-state index >= 15 is 0 Å². The fourth-order valence-corrected chi connectivity index (χ4v) is 3.96. The highest BCUT2D eigenvalue weighted by Crippen LogP contribution is 2.35. The third-order valence-corrected chi connectivity index (χ3v) is 5.78. The quantitative estimate of drug-likeness (QED) is 0.834. The number of nitrogens with zero attached hydrogens (tertiary/aromatic N) is 4. The van der Waals surface area contributed by atoms with Crippen LogP contribution in [0.1, 0.15) is 42.9 Å². The number of rotatable bonds is 5. The Bertz CT molecular complexity index is 690. The molecule has 1 fully saturated rings. The van der Waals surface area contributed by atoms with Crippen LogP contribution in [0.15, 0.2) is 6.20 Å². The van der Waals surface area contributed by atoms with E-state index in [0.717, 1.165) is 12.0 Å². The average molecular weight is 341 g/mol. The summed E-state index contributed by atoms with van der Waals surface area (Å²) >= 11 is 0. The van der Waals surface area contributed by atoms with Gasteiger partial charge < -0.3 is 5.32 Å². The van der Waals surface area contributed by atoms with Crippen LogP contribution in [0.3, 0.4) is 0 Å². The van der Waals surface area contributed by atoms with Crippen molar-refractivity contribution in [1.82, 2.24) is 23.9 Å². The number of amides is 1. The maximum absolute atomic E-state index is 12.5. The largest absolute Gasteiger partial charge is 0.352 e. The molecule has 1 aromatic heterocycles. The zero-order chi connectivity index (χ0) is 17.2. The van der Waals surface area contributed by atoms with E-state index in [1.54, 1.807) is 13.1 Å². The summed E-state index contributed by atoms with van der Waals surface area (Å²) in [7, 11) is -0.472. The van der Waals surface area contributed by atoms with Gasteiger partial charge in [-0.2, -0.15) is 17.0 Å². The molecule has 1 aliphatic rings. The Hall–Kier alpha value is -1.58.